The van der Waals surface area contributed by atoms with E-state index < -0.39 is 0 Å². The number of aromatic amines is 1. The zero-order valence-electron chi connectivity index (χ0n) is 7.95. The van der Waals surface area contributed by atoms with Crippen molar-refractivity contribution < 1.29 is 4.79 Å². The number of amides is 1. The van der Waals surface area contributed by atoms with E-state index in [0.717, 1.165) is 16.5 Å². The first-order chi connectivity index (χ1) is 7.20. The summed E-state index contributed by atoms with van der Waals surface area (Å²) in [6.45, 7) is 0. The largest absolute Gasteiger partial charge is 0.369 e. The number of hydrogen-bond acceptors (Lipinski definition) is 2. The third-order valence-corrected chi connectivity index (χ3v) is 2.26. The number of fused-ring (bicyclic) bond motifs is 1. The van der Waals surface area contributed by atoms with Crippen molar-refractivity contribution in [2.75, 3.05) is 0 Å². The van der Waals surface area contributed by atoms with Gasteiger partial charge in [-0.05, 0) is 17.7 Å². The van der Waals surface area contributed by atoms with Gasteiger partial charge in [-0.1, -0.05) is 6.07 Å². The van der Waals surface area contributed by atoms with Crippen LogP contribution in [0.2, 0.25) is 0 Å². The van der Waals surface area contributed by atoms with E-state index in [1.165, 1.54) is 0 Å². The second-order valence-corrected chi connectivity index (χ2v) is 3.33. The van der Waals surface area contributed by atoms with Crippen LogP contribution in [-0.4, -0.2) is 10.9 Å². The van der Waals surface area contributed by atoms with Crippen molar-refractivity contribution in [2.45, 2.75) is 6.42 Å². The monoisotopic (exact) mass is 199 g/mol. The average molecular weight is 199 g/mol. The van der Waals surface area contributed by atoms with Crippen LogP contribution in [0.25, 0.3) is 10.9 Å². The molecule has 2 rings (SSSR count). The van der Waals surface area contributed by atoms with Crippen LogP contribution in [0.15, 0.2) is 24.4 Å². The lowest BCUT2D eigenvalue weighted by atomic mass is 10.1. The van der Waals surface area contributed by atoms with Gasteiger partial charge in [-0.2, -0.15) is 5.26 Å². The number of benzene rings is 1. The Labute approximate surface area is 86.3 Å². The Kier molecular flexibility index (Phi) is 2.14. The Morgan fingerprint density at radius 3 is 3.00 bits per heavy atom. The van der Waals surface area contributed by atoms with Gasteiger partial charge in [0.15, 0.2) is 0 Å². The van der Waals surface area contributed by atoms with Crippen molar-refractivity contribution in [3.8, 4) is 6.07 Å². The molecule has 0 atom stereocenters. The van der Waals surface area contributed by atoms with Gasteiger partial charge in [-0.15, -0.1) is 0 Å². The molecule has 4 heteroatoms. The summed E-state index contributed by atoms with van der Waals surface area (Å²) in [6.07, 6.45) is 1.96. The van der Waals surface area contributed by atoms with Crippen molar-refractivity contribution in [2.24, 2.45) is 5.73 Å². The normalized spacial score (nSPS) is 10.1. The minimum atomic E-state index is -0.361. The van der Waals surface area contributed by atoms with Crippen LogP contribution in [0.4, 0.5) is 0 Å². The first-order valence-corrected chi connectivity index (χ1v) is 4.49. The summed E-state index contributed by atoms with van der Waals surface area (Å²) in [7, 11) is 0. The van der Waals surface area contributed by atoms with Crippen LogP contribution in [-0.2, 0) is 11.2 Å². The van der Waals surface area contributed by atoms with E-state index in [2.05, 4.69) is 11.1 Å². The van der Waals surface area contributed by atoms with E-state index in [4.69, 9.17) is 11.0 Å². The molecule has 0 radical (unpaired) electrons. The molecule has 1 aromatic carbocycles. The lowest BCUT2D eigenvalue weighted by Crippen LogP contribution is -2.13. The fourth-order valence-electron chi connectivity index (χ4n) is 1.59. The van der Waals surface area contributed by atoms with Crippen LogP contribution >= 0.6 is 0 Å². The molecule has 0 saturated heterocycles. The lowest BCUT2D eigenvalue weighted by molar-refractivity contribution is -0.117. The third kappa shape index (κ3) is 1.67. The van der Waals surface area contributed by atoms with E-state index in [0.29, 0.717) is 5.56 Å². The zero-order valence-corrected chi connectivity index (χ0v) is 7.95. The molecule has 2 aromatic rings. The van der Waals surface area contributed by atoms with Gasteiger partial charge in [0.2, 0.25) is 5.91 Å². The molecular weight excluding hydrogens is 190 g/mol. The van der Waals surface area contributed by atoms with Gasteiger partial charge in [0.25, 0.3) is 0 Å². The highest BCUT2D eigenvalue weighted by Crippen LogP contribution is 2.19. The fourth-order valence-corrected chi connectivity index (χ4v) is 1.59. The molecule has 0 saturated carbocycles. The Morgan fingerprint density at radius 1 is 1.53 bits per heavy atom. The molecule has 0 spiro atoms. The molecule has 15 heavy (non-hydrogen) atoms. The maximum Gasteiger partial charge on any atom is 0.221 e. The van der Waals surface area contributed by atoms with Crippen molar-refractivity contribution in [1.82, 2.24) is 4.98 Å². The molecule has 1 amide bonds. The highest BCUT2D eigenvalue weighted by molar-refractivity contribution is 5.89. The molecule has 1 aromatic heterocycles. The molecule has 74 valence electrons. The Balaban J connectivity index is 2.53. The van der Waals surface area contributed by atoms with Gasteiger partial charge < -0.3 is 10.7 Å². The van der Waals surface area contributed by atoms with Gasteiger partial charge in [0, 0.05) is 17.1 Å². The number of carbonyl (C=O) groups is 1. The summed E-state index contributed by atoms with van der Waals surface area (Å²) in [6, 6.07) is 7.35. The van der Waals surface area contributed by atoms with Crippen molar-refractivity contribution in [3.63, 3.8) is 0 Å². The Morgan fingerprint density at radius 2 is 2.33 bits per heavy atom. The highest BCUT2D eigenvalue weighted by atomic mass is 16.1. The number of carbonyl (C=O) groups excluding carboxylic acids is 1. The van der Waals surface area contributed by atoms with E-state index in [-0.39, 0.29) is 12.3 Å². The molecular formula is C11H9N3O. The number of nitrogens with one attached hydrogen (secondary N) is 1. The number of aromatic nitrogens is 1. The van der Waals surface area contributed by atoms with E-state index in [9.17, 15) is 4.79 Å². The minimum absolute atomic E-state index is 0.214. The van der Waals surface area contributed by atoms with Crippen LogP contribution < -0.4 is 5.73 Å². The number of nitriles is 1. The van der Waals surface area contributed by atoms with Crippen LogP contribution in [0.3, 0.4) is 0 Å². The predicted molar refractivity (Wildman–Crippen MR) is 55.9 cm³/mol. The molecule has 4 nitrogen and oxygen atoms in total. The number of hydrogen-bond donors (Lipinski definition) is 2. The minimum Gasteiger partial charge on any atom is -0.369 e. The first kappa shape index (κ1) is 9.28. The summed E-state index contributed by atoms with van der Waals surface area (Å²) in [5.41, 5.74) is 7.43. The number of primary amides is 1. The lowest BCUT2D eigenvalue weighted by Gasteiger charge is -1.95. The summed E-state index contributed by atoms with van der Waals surface area (Å²) in [5, 5.41) is 9.65. The zero-order chi connectivity index (χ0) is 10.8. The average Bonchev–Trinajstić information content (AvgIpc) is 2.60. The Hall–Kier alpha value is -2.28. The van der Waals surface area contributed by atoms with Crippen LogP contribution in [0, 0.1) is 11.3 Å². The van der Waals surface area contributed by atoms with Crippen molar-refractivity contribution in [3.05, 3.63) is 35.5 Å². The van der Waals surface area contributed by atoms with E-state index in [1.54, 1.807) is 18.3 Å². The van der Waals surface area contributed by atoms with Gasteiger partial charge in [0.05, 0.1) is 18.1 Å². The fraction of sp³-hybridized carbons (Fsp3) is 0.0909. The van der Waals surface area contributed by atoms with Gasteiger partial charge >= 0.3 is 0 Å². The van der Waals surface area contributed by atoms with Crippen LogP contribution in [0.5, 0.6) is 0 Å². The number of rotatable bonds is 2. The maximum absolute atomic E-state index is 10.8. The van der Waals surface area contributed by atoms with Gasteiger partial charge in [-0.25, -0.2) is 0 Å². The first-order valence-electron chi connectivity index (χ1n) is 4.49. The molecule has 1 heterocycles. The molecule has 0 aliphatic rings. The molecule has 0 aliphatic carbocycles. The topological polar surface area (TPSA) is 82.7 Å². The highest BCUT2D eigenvalue weighted by Gasteiger charge is 2.06. The summed E-state index contributed by atoms with van der Waals surface area (Å²) >= 11 is 0. The van der Waals surface area contributed by atoms with E-state index in [1.807, 2.05) is 6.07 Å². The van der Waals surface area contributed by atoms with E-state index >= 15 is 0 Å². The van der Waals surface area contributed by atoms with Crippen LogP contribution in [0.1, 0.15) is 11.1 Å². The smallest absolute Gasteiger partial charge is 0.221 e. The summed E-state index contributed by atoms with van der Waals surface area (Å²) in [5.74, 6) is -0.361. The number of nitrogens with zero attached hydrogens (tertiary/aromatic N) is 1. The molecule has 0 unspecified atom stereocenters. The second-order valence-electron chi connectivity index (χ2n) is 3.33. The molecule has 0 bridgehead atoms. The number of nitrogens with two attached hydrogens (primary N) is 1. The van der Waals surface area contributed by atoms with Gasteiger partial charge in [-0.3, -0.25) is 4.79 Å². The molecule has 0 fully saturated rings. The standard InChI is InChI=1S/C11H9N3O/c12-5-7-1-2-9-8(4-11(13)15)6-14-10(9)3-7/h1-3,6,14H,4H2,(H2,13,15). The Bertz CT molecular complexity index is 563. The SMILES string of the molecule is N#Cc1ccc2c(CC(N)=O)c[nH]c2c1. The maximum atomic E-state index is 10.8. The van der Waals surface area contributed by atoms with Crippen molar-refractivity contribution >= 4 is 16.8 Å². The third-order valence-electron chi connectivity index (χ3n) is 2.26. The number of H-pyrrole nitrogens is 1. The predicted octanol–water partition coefficient (Wildman–Crippen LogP) is 1.07. The molecule has 3 N–H and O–H groups in total. The van der Waals surface area contributed by atoms with Gasteiger partial charge in [0.1, 0.15) is 0 Å². The quantitative estimate of drug-likeness (QED) is 0.758. The molecule has 0 aliphatic heterocycles. The second kappa shape index (κ2) is 3.46. The summed E-state index contributed by atoms with van der Waals surface area (Å²) in [4.78, 5) is 13.8. The summed E-state index contributed by atoms with van der Waals surface area (Å²) < 4.78 is 0. The van der Waals surface area contributed by atoms with Crippen molar-refractivity contribution in [1.29, 1.82) is 5.26 Å².